The topological polar surface area (TPSA) is 56.1 Å². The number of benzene rings is 2. The average molecular weight is 388 g/mol. The number of hydrogen-bond donors (Lipinski definition) is 1. The highest BCUT2D eigenvalue weighted by molar-refractivity contribution is 6.09. The second-order valence-corrected chi connectivity index (χ2v) is 8.47. The van der Waals surface area contributed by atoms with Gasteiger partial charge >= 0.3 is 0 Å². The van der Waals surface area contributed by atoms with Crippen molar-refractivity contribution in [1.82, 2.24) is 0 Å². The van der Waals surface area contributed by atoms with E-state index in [9.17, 15) is 10.1 Å². The number of aryl methyl sites for hydroxylation is 1. The molecule has 0 fully saturated rings. The van der Waals surface area contributed by atoms with Crippen LogP contribution in [-0.4, -0.2) is 18.0 Å². The third-order valence-corrected chi connectivity index (χ3v) is 5.71. The SMILES string of the molecule is CCN1c2ccc(/C=C(/C#N)C(=O)Nc3ccc(C)cc3)cc2[C@@H](C)CC1(C)C. The number of anilines is 2. The van der Waals surface area contributed by atoms with Gasteiger partial charge in [-0.2, -0.15) is 5.26 Å². The maximum Gasteiger partial charge on any atom is 0.266 e. The zero-order valence-corrected chi connectivity index (χ0v) is 17.9. The van der Waals surface area contributed by atoms with Crippen molar-refractivity contribution in [2.45, 2.75) is 52.5 Å². The summed E-state index contributed by atoms with van der Waals surface area (Å²) in [6.07, 6.45) is 2.74. The molecule has 0 radical (unpaired) electrons. The van der Waals surface area contributed by atoms with Gasteiger partial charge in [0.25, 0.3) is 5.91 Å². The molecule has 1 N–H and O–H groups in total. The van der Waals surface area contributed by atoms with Crippen molar-refractivity contribution in [2.24, 2.45) is 0 Å². The fourth-order valence-corrected chi connectivity index (χ4v) is 4.35. The number of rotatable bonds is 4. The van der Waals surface area contributed by atoms with Gasteiger partial charge in [0.15, 0.2) is 0 Å². The Bertz CT molecular complexity index is 980. The molecule has 29 heavy (non-hydrogen) atoms. The highest BCUT2D eigenvalue weighted by atomic mass is 16.1. The minimum absolute atomic E-state index is 0.0988. The second-order valence-electron chi connectivity index (χ2n) is 8.47. The molecule has 0 unspecified atom stereocenters. The molecule has 0 aliphatic carbocycles. The van der Waals surface area contributed by atoms with Crippen LogP contribution in [0.15, 0.2) is 48.0 Å². The lowest BCUT2D eigenvalue weighted by Crippen LogP contribution is -2.48. The molecule has 1 atom stereocenters. The Morgan fingerprint density at radius 1 is 1.28 bits per heavy atom. The van der Waals surface area contributed by atoms with E-state index >= 15 is 0 Å². The lowest BCUT2D eigenvalue weighted by Gasteiger charge is -2.47. The van der Waals surface area contributed by atoms with Crippen LogP contribution in [0.4, 0.5) is 11.4 Å². The van der Waals surface area contributed by atoms with Crippen LogP contribution in [0.3, 0.4) is 0 Å². The van der Waals surface area contributed by atoms with Crippen LogP contribution >= 0.6 is 0 Å². The van der Waals surface area contributed by atoms with E-state index < -0.39 is 5.91 Å². The number of nitriles is 1. The molecule has 3 rings (SSSR count). The maximum absolute atomic E-state index is 12.6. The Morgan fingerprint density at radius 2 is 1.97 bits per heavy atom. The van der Waals surface area contributed by atoms with Gasteiger partial charge in [-0.15, -0.1) is 0 Å². The molecule has 0 aromatic heterocycles. The smallest absolute Gasteiger partial charge is 0.266 e. The predicted molar refractivity (Wildman–Crippen MR) is 120 cm³/mol. The quantitative estimate of drug-likeness (QED) is 0.544. The van der Waals surface area contributed by atoms with Gasteiger partial charge < -0.3 is 10.2 Å². The molecule has 1 heterocycles. The number of fused-ring (bicyclic) bond motifs is 1. The molecular weight excluding hydrogens is 358 g/mol. The minimum atomic E-state index is -0.390. The van der Waals surface area contributed by atoms with Crippen LogP contribution in [0.25, 0.3) is 6.08 Å². The summed E-state index contributed by atoms with van der Waals surface area (Å²) in [5.41, 5.74) is 5.41. The first-order chi connectivity index (χ1) is 13.7. The molecule has 2 aromatic carbocycles. The molecule has 0 spiro atoms. The van der Waals surface area contributed by atoms with Crippen LogP contribution in [0.2, 0.25) is 0 Å². The summed E-state index contributed by atoms with van der Waals surface area (Å²) in [7, 11) is 0. The summed E-state index contributed by atoms with van der Waals surface area (Å²) in [6, 6.07) is 15.8. The van der Waals surface area contributed by atoms with Gasteiger partial charge in [0.05, 0.1) is 0 Å². The zero-order valence-electron chi connectivity index (χ0n) is 17.9. The lowest BCUT2D eigenvalue weighted by molar-refractivity contribution is -0.112. The van der Waals surface area contributed by atoms with Gasteiger partial charge in [0.1, 0.15) is 11.6 Å². The van der Waals surface area contributed by atoms with E-state index in [-0.39, 0.29) is 11.1 Å². The molecule has 0 bridgehead atoms. The number of hydrogen-bond acceptors (Lipinski definition) is 3. The van der Waals surface area contributed by atoms with E-state index in [2.05, 4.69) is 50.0 Å². The highest BCUT2D eigenvalue weighted by Crippen LogP contribution is 2.43. The first-order valence-electron chi connectivity index (χ1n) is 10.2. The first kappa shape index (κ1) is 20.7. The summed E-state index contributed by atoms with van der Waals surface area (Å²) < 4.78 is 0. The minimum Gasteiger partial charge on any atom is -0.366 e. The van der Waals surface area contributed by atoms with Crippen LogP contribution in [-0.2, 0) is 4.79 Å². The molecular formula is C25H29N3O. The fraction of sp³-hybridized carbons (Fsp3) is 0.360. The summed E-state index contributed by atoms with van der Waals surface area (Å²) in [6.45, 7) is 11.9. The first-order valence-corrected chi connectivity index (χ1v) is 10.2. The largest absolute Gasteiger partial charge is 0.366 e. The molecule has 2 aromatic rings. The van der Waals surface area contributed by atoms with Gasteiger partial charge in [0, 0.05) is 23.5 Å². The van der Waals surface area contributed by atoms with Gasteiger partial charge in [-0.25, -0.2) is 0 Å². The number of amides is 1. The number of carbonyl (C=O) groups is 1. The van der Waals surface area contributed by atoms with Crippen LogP contribution in [0.1, 0.15) is 56.7 Å². The lowest BCUT2D eigenvalue weighted by atomic mass is 9.79. The fourth-order valence-electron chi connectivity index (χ4n) is 4.35. The van der Waals surface area contributed by atoms with E-state index in [0.717, 1.165) is 24.1 Å². The van der Waals surface area contributed by atoms with Gasteiger partial charge in [-0.1, -0.05) is 30.7 Å². The molecule has 1 aliphatic rings. The maximum atomic E-state index is 12.6. The van der Waals surface area contributed by atoms with E-state index in [4.69, 9.17) is 0 Å². The second kappa shape index (κ2) is 8.13. The Morgan fingerprint density at radius 3 is 2.59 bits per heavy atom. The third-order valence-electron chi connectivity index (χ3n) is 5.71. The summed E-state index contributed by atoms with van der Waals surface area (Å²) in [5, 5.41) is 12.3. The van der Waals surface area contributed by atoms with Crippen molar-refractivity contribution >= 4 is 23.4 Å². The summed E-state index contributed by atoms with van der Waals surface area (Å²) in [4.78, 5) is 15.0. The van der Waals surface area contributed by atoms with Crippen molar-refractivity contribution < 1.29 is 4.79 Å². The van der Waals surface area contributed by atoms with E-state index in [1.165, 1.54) is 11.3 Å². The Hall–Kier alpha value is -3.06. The van der Waals surface area contributed by atoms with Crippen LogP contribution in [0, 0.1) is 18.3 Å². The van der Waals surface area contributed by atoms with Crippen molar-refractivity contribution in [2.75, 3.05) is 16.8 Å². The molecule has 0 saturated heterocycles. The molecule has 1 amide bonds. The Balaban J connectivity index is 1.89. The standard InChI is InChI=1S/C25H29N3O/c1-6-28-23-12-9-19(14-22(23)18(3)15-25(28,4)5)13-20(16-26)24(29)27-21-10-7-17(2)8-11-21/h7-14,18H,6,15H2,1-5H3,(H,27,29)/b20-13-/t18-/m0/s1. The molecule has 0 saturated carbocycles. The number of nitrogens with one attached hydrogen (secondary N) is 1. The number of carbonyl (C=O) groups excluding carboxylic acids is 1. The van der Waals surface area contributed by atoms with Crippen molar-refractivity contribution in [3.63, 3.8) is 0 Å². The van der Waals surface area contributed by atoms with Crippen LogP contribution in [0.5, 0.6) is 0 Å². The van der Waals surface area contributed by atoms with Crippen LogP contribution < -0.4 is 10.2 Å². The molecule has 4 heteroatoms. The summed E-state index contributed by atoms with van der Waals surface area (Å²) >= 11 is 0. The Kier molecular flexibility index (Phi) is 5.79. The monoisotopic (exact) mass is 387 g/mol. The van der Waals surface area contributed by atoms with Gasteiger partial charge in [-0.3, -0.25) is 4.79 Å². The van der Waals surface area contributed by atoms with Crippen molar-refractivity contribution in [3.8, 4) is 6.07 Å². The third kappa shape index (κ3) is 4.35. The zero-order chi connectivity index (χ0) is 21.2. The van der Waals surface area contributed by atoms with E-state index in [1.807, 2.05) is 43.3 Å². The van der Waals surface area contributed by atoms with E-state index in [0.29, 0.717) is 11.6 Å². The highest BCUT2D eigenvalue weighted by Gasteiger charge is 2.35. The van der Waals surface area contributed by atoms with Crippen molar-refractivity contribution in [3.05, 3.63) is 64.7 Å². The number of nitrogens with zero attached hydrogens (tertiary/aromatic N) is 2. The molecule has 4 nitrogen and oxygen atoms in total. The predicted octanol–water partition coefficient (Wildman–Crippen LogP) is 5.65. The normalized spacial score (nSPS) is 18.0. The van der Waals surface area contributed by atoms with Gasteiger partial charge in [0.2, 0.25) is 0 Å². The van der Waals surface area contributed by atoms with E-state index in [1.54, 1.807) is 6.08 Å². The molecule has 1 aliphatic heterocycles. The Labute approximate surface area is 173 Å². The summed E-state index contributed by atoms with van der Waals surface area (Å²) in [5.74, 6) is 0.0292. The average Bonchev–Trinajstić information content (AvgIpc) is 2.67. The van der Waals surface area contributed by atoms with Gasteiger partial charge in [-0.05, 0) is 81.5 Å². The van der Waals surface area contributed by atoms with Crippen molar-refractivity contribution in [1.29, 1.82) is 5.26 Å². The molecule has 150 valence electrons.